The van der Waals surface area contributed by atoms with Crippen LogP contribution in [-0.2, 0) is 9.63 Å². The van der Waals surface area contributed by atoms with Crippen molar-refractivity contribution in [3.8, 4) is 0 Å². The summed E-state index contributed by atoms with van der Waals surface area (Å²) < 4.78 is 0.416. The van der Waals surface area contributed by atoms with Crippen LogP contribution in [0.1, 0.15) is 13.3 Å². The molecule has 4 nitrogen and oxygen atoms in total. The Labute approximate surface area is 104 Å². The first kappa shape index (κ1) is 11.3. The Kier molecular flexibility index (Phi) is 2.77. The molecular formula is C9H9Br2NO3. The van der Waals surface area contributed by atoms with Crippen molar-refractivity contribution in [2.45, 2.75) is 29.9 Å². The van der Waals surface area contributed by atoms with E-state index in [1.807, 2.05) is 6.92 Å². The van der Waals surface area contributed by atoms with Crippen molar-refractivity contribution in [1.29, 1.82) is 0 Å². The second-order valence-corrected chi connectivity index (χ2v) is 5.59. The predicted octanol–water partition coefficient (Wildman–Crippen LogP) is 1.51. The van der Waals surface area contributed by atoms with Crippen LogP contribution in [0.3, 0.4) is 0 Å². The first-order chi connectivity index (χ1) is 6.96. The Balaban J connectivity index is 2.38. The highest BCUT2D eigenvalue weighted by Gasteiger charge is 2.51. The van der Waals surface area contributed by atoms with Crippen molar-refractivity contribution in [3.05, 3.63) is 10.6 Å². The fourth-order valence-corrected chi connectivity index (χ4v) is 3.39. The third kappa shape index (κ3) is 1.68. The molecule has 1 aliphatic heterocycles. The monoisotopic (exact) mass is 337 g/mol. The van der Waals surface area contributed by atoms with Gasteiger partial charge < -0.3 is 9.94 Å². The number of aliphatic hydroxyl groups is 1. The number of hydrogen-bond acceptors (Lipinski definition) is 4. The topological polar surface area (TPSA) is 58.9 Å². The molecule has 0 aromatic carbocycles. The zero-order valence-corrected chi connectivity index (χ0v) is 11.1. The highest BCUT2D eigenvalue weighted by Crippen LogP contribution is 2.39. The Morgan fingerprint density at radius 2 is 2.40 bits per heavy atom. The van der Waals surface area contributed by atoms with Gasteiger partial charge in [-0.3, -0.25) is 4.79 Å². The summed E-state index contributed by atoms with van der Waals surface area (Å²) in [5, 5.41) is 13.8. The maximum absolute atomic E-state index is 11.5. The fourth-order valence-electron chi connectivity index (χ4n) is 1.76. The van der Waals surface area contributed by atoms with Gasteiger partial charge in [-0.25, -0.2) is 0 Å². The molecule has 0 aromatic heterocycles. The molecule has 0 unspecified atom stereocenters. The van der Waals surface area contributed by atoms with Crippen LogP contribution in [0, 0.1) is 0 Å². The smallest absolute Gasteiger partial charge is 0.189 e. The average molecular weight is 339 g/mol. The number of alkyl halides is 1. The van der Waals surface area contributed by atoms with Gasteiger partial charge in [0.25, 0.3) is 0 Å². The summed E-state index contributed by atoms with van der Waals surface area (Å²) in [6.45, 7) is 1.82. The van der Waals surface area contributed by atoms with Crippen LogP contribution in [-0.4, -0.2) is 33.1 Å². The Hall–Kier alpha value is -0.200. The molecule has 1 aliphatic carbocycles. The first-order valence-corrected chi connectivity index (χ1v) is 6.13. The Morgan fingerprint density at radius 1 is 1.73 bits per heavy atom. The van der Waals surface area contributed by atoms with E-state index in [-0.39, 0.29) is 5.78 Å². The van der Waals surface area contributed by atoms with Gasteiger partial charge in [0, 0.05) is 6.42 Å². The zero-order chi connectivity index (χ0) is 11.2. The maximum Gasteiger partial charge on any atom is 0.189 e. The van der Waals surface area contributed by atoms with Gasteiger partial charge in [-0.1, -0.05) is 21.1 Å². The number of halogens is 2. The molecule has 0 fully saturated rings. The van der Waals surface area contributed by atoms with Gasteiger partial charge in [0.1, 0.15) is 10.9 Å². The molecule has 2 rings (SSSR count). The Morgan fingerprint density at radius 3 is 2.93 bits per heavy atom. The lowest BCUT2D eigenvalue weighted by molar-refractivity contribution is -0.124. The summed E-state index contributed by atoms with van der Waals surface area (Å²) in [7, 11) is 0. The van der Waals surface area contributed by atoms with Crippen molar-refractivity contribution >= 4 is 43.4 Å². The molecule has 1 spiro atoms. The molecule has 0 aromatic rings. The molecule has 0 radical (unpaired) electrons. The number of ketones is 1. The molecule has 3 atom stereocenters. The van der Waals surface area contributed by atoms with Crippen molar-refractivity contribution in [3.63, 3.8) is 0 Å². The number of Topliss-reactive ketones (excluding diaryl/α,β-unsaturated/α-hetero) is 1. The van der Waals surface area contributed by atoms with Crippen LogP contribution in [0.4, 0.5) is 0 Å². The molecular weight excluding hydrogens is 330 g/mol. The normalized spacial score (nSPS) is 40.1. The molecule has 0 saturated carbocycles. The lowest BCUT2D eigenvalue weighted by Crippen LogP contribution is -2.51. The van der Waals surface area contributed by atoms with Crippen LogP contribution in [0.15, 0.2) is 15.7 Å². The minimum Gasteiger partial charge on any atom is -0.387 e. The van der Waals surface area contributed by atoms with E-state index < -0.39 is 16.5 Å². The SMILES string of the molecule is CC1=NO[C@@]2(C=C(Br)C(=O)[C@H](Br)[C@H]2O)C1. The summed E-state index contributed by atoms with van der Waals surface area (Å²) >= 11 is 6.33. The predicted molar refractivity (Wildman–Crippen MR) is 62.3 cm³/mol. The second-order valence-electron chi connectivity index (χ2n) is 3.75. The molecule has 0 saturated heterocycles. The number of carbonyl (C=O) groups is 1. The Bertz CT molecular complexity index is 380. The lowest BCUT2D eigenvalue weighted by atomic mass is 9.84. The largest absolute Gasteiger partial charge is 0.387 e. The minimum absolute atomic E-state index is 0.179. The standard InChI is InChI=1S/C9H9Br2NO3/c1-4-2-9(15-12-4)3-5(10)7(13)6(11)8(9)14/h3,6,8,14H,2H2,1H3/t6-,8+,9+/m0/s1. The summed E-state index contributed by atoms with van der Waals surface area (Å²) in [6.07, 6.45) is 1.17. The number of aliphatic hydroxyl groups excluding tert-OH is 1. The number of oxime groups is 1. The van der Waals surface area contributed by atoms with Gasteiger partial charge in [-0.2, -0.15) is 0 Å². The molecule has 15 heavy (non-hydrogen) atoms. The lowest BCUT2D eigenvalue weighted by Gasteiger charge is -2.34. The number of nitrogens with zero attached hydrogens (tertiary/aromatic N) is 1. The summed E-state index contributed by atoms with van der Waals surface area (Å²) in [4.78, 5) is 16.1. The van der Waals surface area contributed by atoms with E-state index in [4.69, 9.17) is 4.84 Å². The molecule has 2 aliphatic rings. The maximum atomic E-state index is 11.5. The zero-order valence-electron chi connectivity index (χ0n) is 7.91. The number of rotatable bonds is 0. The van der Waals surface area contributed by atoms with Crippen LogP contribution in [0.2, 0.25) is 0 Å². The van der Waals surface area contributed by atoms with Crippen LogP contribution < -0.4 is 0 Å². The van der Waals surface area contributed by atoms with E-state index in [1.165, 1.54) is 0 Å². The van der Waals surface area contributed by atoms with E-state index in [2.05, 4.69) is 37.0 Å². The molecule has 1 N–H and O–H groups in total. The third-order valence-corrected chi connectivity index (χ3v) is 4.07. The van der Waals surface area contributed by atoms with E-state index in [0.717, 1.165) is 5.71 Å². The van der Waals surface area contributed by atoms with Crippen molar-refractivity contribution < 1.29 is 14.7 Å². The first-order valence-electron chi connectivity index (χ1n) is 4.42. The van der Waals surface area contributed by atoms with Gasteiger partial charge in [0.15, 0.2) is 11.4 Å². The summed E-state index contributed by atoms with van der Waals surface area (Å²) in [5.41, 5.74) is -0.0926. The van der Waals surface area contributed by atoms with Crippen LogP contribution >= 0.6 is 31.9 Å². The van der Waals surface area contributed by atoms with Crippen LogP contribution in [0.5, 0.6) is 0 Å². The molecule has 0 amide bonds. The molecule has 82 valence electrons. The van der Waals surface area contributed by atoms with E-state index >= 15 is 0 Å². The van der Waals surface area contributed by atoms with Crippen LogP contribution in [0.25, 0.3) is 0 Å². The molecule has 6 heteroatoms. The van der Waals surface area contributed by atoms with Gasteiger partial charge in [-0.05, 0) is 28.9 Å². The molecule has 1 heterocycles. The van der Waals surface area contributed by atoms with Gasteiger partial charge >= 0.3 is 0 Å². The van der Waals surface area contributed by atoms with E-state index in [0.29, 0.717) is 10.9 Å². The minimum atomic E-state index is -0.924. The van der Waals surface area contributed by atoms with Gasteiger partial charge in [0.2, 0.25) is 0 Å². The highest BCUT2D eigenvalue weighted by molar-refractivity contribution is 9.12. The van der Waals surface area contributed by atoms with Gasteiger partial charge in [-0.15, -0.1) is 0 Å². The molecule has 0 bridgehead atoms. The van der Waals surface area contributed by atoms with E-state index in [1.54, 1.807) is 6.08 Å². The average Bonchev–Trinajstić information content (AvgIpc) is 2.55. The number of carbonyl (C=O) groups excluding carboxylic acids is 1. The third-order valence-electron chi connectivity index (χ3n) is 2.54. The summed E-state index contributed by atoms with van der Waals surface area (Å²) in [6, 6.07) is 0. The van der Waals surface area contributed by atoms with Crippen molar-refractivity contribution in [2.24, 2.45) is 5.16 Å². The number of hydrogen-bond donors (Lipinski definition) is 1. The van der Waals surface area contributed by atoms with Gasteiger partial charge in [0.05, 0.1) is 10.2 Å². The second kappa shape index (κ2) is 3.68. The number of allylic oxidation sites excluding steroid dienone is 1. The van der Waals surface area contributed by atoms with Crippen molar-refractivity contribution in [2.75, 3.05) is 0 Å². The quantitative estimate of drug-likeness (QED) is 0.681. The fraction of sp³-hybridized carbons (Fsp3) is 0.556. The summed E-state index contributed by atoms with van der Waals surface area (Å²) in [5.74, 6) is -0.179. The van der Waals surface area contributed by atoms with Crippen molar-refractivity contribution in [1.82, 2.24) is 0 Å². The van der Waals surface area contributed by atoms with E-state index in [9.17, 15) is 9.90 Å². The highest BCUT2D eigenvalue weighted by atomic mass is 79.9.